The average Bonchev–Trinajstić information content (AvgIpc) is 2.99. The van der Waals surface area contributed by atoms with Gasteiger partial charge in [0.2, 0.25) is 21.8 Å². The predicted octanol–water partition coefficient (Wildman–Crippen LogP) is 4.45. The molecular weight excluding hydrogens is 572 g/mol. The number of hydrogen-bond acceptors (Lipinski definition) is 5. The van der Waals surface area contributed by atoms with Crippen LogP contribution >= 0.6 is 11.6 Å². The summed E-state index contributed by atoms with van der Waals surface area (Å²) in [6.45, 7) is -0.152. The maximum absolute atomic E-state index is 14.1. The maximum Gasteiger partial charge on any atom is 0.243 e. The first kappa shape index (κ1) is 30.9. The molecule has 1 N–H and O–H groups in total. The summed E-state index contributed by atoms with van der Waals surface area (Å²) in [4.78, 5) is 33.6. The lowest BCUT2D eigenvalue weighted by atomic mass is 10.0. The quantitative estimate of drug-likeness (QED) is 0.243. The Morgan fingerprint density at radius 1 is 0.810 bits per heavy atom. The van der Waals surface area contributed by atoms with E-state index in [1.54, 1.807) is 54.7 Å². The zero-order valence-electron chi connectivity index (χ0n) is 23.3. The Labute approximate surface area is 252 Å². The zero-order valence-corrected chi connectivity index (χ0v) is 24.8. The number of halogens is 1. The third-order valence-corrected chi connectivity index (χ3v) is 8.14. The molecule has 0 radical (unpaired) electrons. The first-order chi connectivity index (χ1) is 20.2. The number of nitrogens with one attached hydrogen (secondary N) is 1. The van der Waals surface area contributed by atoms with Gasteiger partial charge in [-0.3, -0.25) is 14.6 Å². The van der Waals surface area contributed by atoms with E-state index >= 15 is 0 Å². The van der Waals surface area contributed by atoms with Crippen LogP contribution in [0.4, 0.5) is 0 Å². The molecule has 4 aromatic rings. The van der Waals surface area contributed by atoms with Crippen LogP contribution in [0.5, 0.6) is 0 Å². The van der Waals surface area contributed by atoms with E-state index in [2.05, 4.69) is 10.3 Å². The first-order valence-electron chi connectivity index (χ1n) is 13.4. The molecular formula is C32H33ClN4O4S. The van der Waals surface area contributed by atoms with Gasteiger partial charge >= 0.3 is 0 Å². The molecule has 1 atom stereocenters. The third-order valence-electron chi connectivity index (χ3n) is 6.69. The normalized spacial score (nSPS) is 12.1. The topological polar surface area (TPSA) is 99.7 Å². The second-order valence-corrected chi connectivity index (χ2v) is 12.3. The molecule has 0 aliphatic carbocycles. The number of pyridine rings is 1. The van der Waals surface area contributed by atoms with Crippen molar-refractivity contribution >= 4 is 33.4 Å². The molecule has 0 bridgehead atoms. The minimum atomic E-state index is -3.76. The SMILES string of the molecule is CS(=O)(=O)N(CC(=O)N(Cc1ccc(Cl)cc1)[C@H](Cc1ccccc1)C(=O)NCc1ccccn1)Cc1ccccc1. The number of carbonyl (C=O) groups is 2. The van der Waals surface area contributed by atoms with Crippen LogP contribution in [0, 0.1) is 0 Å². The molecule has 4 rings (SSSR count). The van der Waals surface area contributed by atoms with Gasteiger partial charge in [0, 0.05) is 30.7 Å². The number of sulfonamides is 1. The summed E-state index contributed by atoms with van der Waals surface area (Å²) in [5.41, 5.74) is 3.02. The van der Waals surface area contributed by atoms with Gasteiger partial charge in [-0.2, -0.15) is 4.31 Å². The van der Waals surface area contributed by atoms with E-state index in [1.165, 1.54) is 4.90 Å². The molecule has 0 unspecified atom stereocenters. The van der Waals surface area contributed by atoms with E-state index in [9.17, 15) is 18.0 Å². The highest BCUT2D eigenvalue weighted by molar-refractivity contribution is 7.88. The van der Waals surface area contributed by atoms with E-state index in [1.807, 2.05) is 54.6 Å². The number of rotatable bonds is 13. The number of benzene rings is 3. The fraction of sp³-hybridized carbons (Fsp3) is 0.219. The monoisotopic (exact) mass is 604 g/mol. The highest BCUT2D eigenvalue weighted by Gasteiger charge is 2.33. The van der Waals surface area contributed by atoms with Crippen LogP contribution in [-0.4, -0.2) is 53.3 Å². The molecule has 1 heterocycles. The van der Waals surface area contributed by atoms with Gasteiger partial charge in [0.25, 0.3) is 0 Å². The minimum absolute atomic E-state index is 0.0232. The van der Waals surface area contributed by atoms with Gasteiger partial charge in [-0.15, -0.1) is 0 Å². The third kappa shape index (κ3) is 9.24. The van der Waals surface area contributed by atoms with Crippen molar-refractivity contribution in [2.24, 2.45) is 0 Å². The van der Waals surface area contributed by atoms with Crippen LogP contribution in [0.15, 0.2) is 109 Å². The van der Waals surface area contributed by atoms with Crippen LogP contribution in [0.1, 0.15) is 22.4 Å². The molecule has 218 valence electrons. The van der Waals surface area contributed by atoms with Crippen molar-refractivity contribution in [3.05, 3.63) is 137 Å². The van der Waals surface area contributed by atoms with Crippen molar-refractivity contribution in [3.63, 3.8) is 0 Å². The van der Waals surface area contributed by atoms with E-state index in [-0.39, 0.29) is 32.0 Å². The van der Waals surface area contributed by atoms with E-state index in [4.69, 9.17) is 11.6 Å². The van der Waals surface area contributed by atoms with Crippen LogP contribution < -0.4 is 5.32 Å². The number of hydrogen-bond donors (Lipinski definition) is 1. The van der Waals surface area contributed by atoms with Gasteiger partial charge in [-0.05, 0) is 41.0 Å². The Hall–Kier alpha value is -4.05. The fourth-order valence-electron chi connectivity index (χ4n) is 4.46. The zero-order chi connectivity index (χ0) is 30.0. The molecule has 42 heavy (non-hydrogen) atoms. The summed E-state index contributed by atoms with van der Waals surface area (Å²) in [7, 11) is -3.76. The molecule has 0 spiro atoms. The van der Waals surface area contributed by atoms with Gasteiger partial charge in [0.05, 0.1) is 25.0 Å². The van der Waals surface area contributed by atoms with Gasteiger partial charge < -0.3 is 10.2 Å². The van der Waals surface area contributed by atoms with E-state index < -0.39 is 28.5 Å². The number of carbonyl (C=O) groups excluding carboxylic acids is 2. The number of nitrogens with zero attached hydrogens (tertiary/aromatic N) is 3. The fourth-order valence-corrected chi connectivity index (χ4v) is 5.31. The summed E-state index contributed by atoms with van der Waals surface area (Å²) in [5.74, 6) is -0.874. The molecule has 8 nitrogen and oxygen atoms in total. The van der Waals surface area contributed by atoms with Crippen LogP contribution in [-0.2, 0) is 45.7 Å². The standard InChI is InChI=1S/C32H33ClN4O4S/c1-42(40,41)36(22-26-12-6-3-7-13-26)24-31(38)37(23-27-15-17-28(33)18-16-27)30(20-25-10-4-2-5-11-25)32(39)35-21-29-14-8-9-19-34-29/h2-19,30H,20-24H2,1H3,(H,35,39)/t30-/m1/s1. The van der Waals surface area contributed by atoms with Crippen LogP contribution in [0.2, 0.25) is 5.02 Å². The highest BCUT2D eigenvalue weighted by Crippen LogP contribution is 2.18. The van der Waals surface area contributed by atoms with E-state index in [0.717, 1.165) is 27.3 Å². The second-order valence-electron chi connectivity index (χ2n) is 9.91. The van der Waals surface area contributed by atoms with Crippen LogP contribution in [0.25, 0.3) is 0 Å². The number of aromatic nitrogens is 1. The Morgan fingerprint density at radius 3 is 2.00 bits per heavy atom. The highest BCUT2D eigenvalue weighted by atomic mass is 35.5. The predicted molar refractivity (Wildman–Crippen MR) is 164 cm³/mol. The Kier molecular flexibility index (Phi) is 10.8. The molecule has 0 aliphatic heterocycles. The van der Waals surface area contributed by atoms with Crippen molar-refractivity contribution < 1.29 is 18.0 Å². The lowest BCUT2D eigenvalue weighted by Gasteiger charge is -2.33. The largest absolute Gasteiger partial charge is 0.349 e. The van der Waals surface area contributed by atoms with Gasteiger partial charge in [0.1, 0.15) is 6.04 Å². The Morgan fingerprint density at radius 2 is 1.40 bits per heavy atom. The van der Waals surface area contributed by atoms with Gasteiger partial charge in [-0.25, -0.2) is 8.42 Å². The molecule has 3 aromatic carbocycles. The summed E-state index contributed by atoms with van der Waals surface area (Å²) >= 11 is 6.10. The van der Waals surface area contributed by atoms with Crippen LogP contribution in [0.3, 0.4) is 0 Å². The Balaban J connectivity index is 1.67. The van der Waals surface area contributed by atoms with Crippen molar-refractivity contribution in [1.29, 1.82) is 0 Å². The molecule has 2 amide bonds. The van der Waals surface area contributed by atoms with Crippen molar-refractivity contribution in [2.45, 2.75) is 32.1 Å². The average molecular weight is 605 g/mol. The lowest BCUT2D eigenvalue weighted by molar-refractivity contribution is -0.141. The smallest absolute Gasteiger partial charge is 0.243 e. The molecule has 0 aliphatic rings. The van der Waals surface area contributed by atoms with Crippen molar-refractivity contribution in [2.75, 3.05) is 12.8 Å². The second kappa shape index (κ2) is 14.7. The van der Waals surface area contributed by atoms with Crippen molar-refractivity contribution in [3.8, 4) is 0 Å². The summed E-state index contributed by atoms with van der Waals surface area (Å²) in [6.07, 6.45) is 2.95. The molecule has 0 fully saturated rings. The van der Waals surface area contributed by atoms with Gasteiger partial charge in [0.15, 0.2) is 0 Å². The Bertz CT molecular complexity index is 1550. The molecule has 1 aromatic heterocycles. The molecule has 10 heteroatoms. The molecule has 0 saturated heterocycles. The lowest BCUT2D eigenvalue weighted by Crippen LogP contribution is -2.53. The first-order valence-corrected chi connectivity index (χ1v) is 15.7. The minimum Gasteiger partial charge on any atom is -0.349 e. The summed E-state index contributed by atoms with van der Waals surface area (Å²) in [5, 5.41) is 3.46. The van der Waals surface area contributed by atoms with Crippen molar-refractivity contribution in [1.82, 2.24) is 19.5 Å². The number of amides is 2. The molecule has 0 saturated carbocycles. The summed E-state index contributed by atoms with van der Waals surface area (Å²) in [6, 6.07) is 30.0. The maximum atomic E-state index is 14.1. The van der Waals surface area contributed by atoms with E-state index in [0.29, 0.717) is 10.7 Å². The summed E-state index contributed by atoms with van der Waals surface area (Å²) < 4.78 is 26.7. The van der Waals surface area contributed by atoms with Gasteiger partial charge in [-0.1, -0.05) is 90.5 Å².